The van der Waals surface area contributed by atoms with Crippen LogP contribution in [0.2, 0.25) is 0 Å². The first-order chi connectivity index (χ1) is 7.49. The molecule has 2 unspecified atom stereocenters. The lowest BCUT2D eigenvalue weighted by atomic mass is 9.89. The van der Waals surface area contributed by atoms with Crippen LogP contribution in [0, 0.1) is 5.92 Å². The summed E-state index contributed by atoms with van der Waals surface area (Å²) < 4.78 is 38.5. The first-order valence-corrected chi connectivity index (χ1v) is 5.98. The van der Waals surface area contributed by atoms with Gasteiger partial charge in [-0.3, -0.25) is 4.74 Å². The van der Waals surface area contributed by atoms with Crippen molar-refractivity contribution >= 4 is 11.6 Å². The van der Waals surface area contributed by atoms with Crippen LogP contribution in [0.5, 0.6) is 0 Å². The lowest BCUT2D eigenvalue weighted by molar-refractivity contribution is -0.323. The quantitative estimate of drug-likeness (QED) is 0.606. The first kappa shape index (κ1) is 14.1. The number of alkyl halides is 4. The highest BCUT2D eigenvalue weighted by Crippen LogP contribution is 2.27. The lowest BCUT2D eigenvalue weighted by Gasteiger charge is -2.27. The summed E-state index contributed by atoms with van der Waals surface area (Å²) in [6, 6.07) is 0. The Hall–Kier alpha value is 0. The maximum absolute atomic E-state index is 11.6. The van der Waals surface area contributed by atoms with E-state index in [2.05, 4.69) is 10.1 Å². The van der Waals surface area contributed by atoms with Crippen LogP contribution in [0.25, 0.3) is 0 Å². The molecule has 0 aromatic carbocycles. The third kappa shape index (κ3) is 5.92. The summed E-state index contributed by atoms with van der Waals surface area (Å²) >= 11 is 6.12. The molecule has 1 rings (SSSR count). The molecule has 2 atom stereocenters. The summed E-state index contributed by atoms with van der Waals surface area (Å²) in [4.78, 5) is 0. The van der Waals surface area contributed by atoms with Gasteiger partial charge in [0, 0.05) is 11.9 Å². The van der Waals surface area contributed by atoms with Crippen molar-refractivity contribution in [2.45, 2.75) is 37.4 Å². The number of hydrogen-bond acceptors (Lipinski definition) is 2. The zero-order valence-corrected chi connectivity index (χ0v) is 9.78. The molecule has 0 aliphatic heterocycles. The van der Waals surface area contributed by atoms with Crippen molar-refractivity contribution in [3.8, 4) is 0 Å². The van der Waals surface area contributed by atoms with Gasteiger partial charge in [0.2, 0.25) is 0 Å². The molecule has 0 bridgehead atoms. The van der Waals surface area contributed by atoms with E-state index in [9.17, 15) is 13.2 Å². The molecule has 0 heterocycles. The molecule has 96 valence electrons. The maximum atomic E-state index is 11.6. The summed E-state index contributed by atoms with van der Waals surface area (Å²) in [7, 11) is 0. The second-order valence-electron chi connectivity index (χ2n) is 4.06. The molecule has 0 aromatic rings. The minimum Gasteiger partial charge on any atom is -0.314 e. The number of rotatable bonds is 5. The average Bonchev–Trinajstić information content (AvgIpc) is 2.18. The van der Waals surface area contributed by atoms with Crippen LogP contribution >= 0.6 is 11.6 Å². The molecule has 6 heteroatoms. The average molecular weight is 260 g/mol. The van der Waals surface area contributed by atoms with Crippen molar-refractivity contribution < 1.29 is 17.9 Å². The van der Waals surface area contributed by atoms with E-state index in [0.29, 0.717) is 12.5 Å². The summed E-state index contributed by atoms with van der Waals surface area (Å²) in [6.07, 6.45) is -0.147. The van der Waals surface area contributed by atoms with Gasteiger partial charge in [-0.05, 0) is 25.3 Å². The van der Waals surface area contributed by atoms with Gasteiger partial charge in [-0.2, -0.15) is 0 Å². The van der Waals surface area contributed by atoms with Gasteiger partial charge >= 0.3 is 6.36 Å². The van der Waals surface area contributed by atoms with Crippen molar-refractivity contribution in [3.05, 3.63) is 0 Å². The molecule has 0 aromatic heterocycles. The van der Waals surface area contributed by atoms with Gasteiger partial charge < -0.3 is 5.32 Å². The number of nitrogens with one attached hydrogen (secondary N) is 1. The second kappa shape index (κ2) is 6.67. The highest BCUT2D eigenvalue weighted by Gasteiger charge is 2.28. The van der Waals surface area contributed by atoms with Gasteiger partial charge in [-0.25, -0.2) is 0 Å². The Balaban J connectivity index is 2.02. The Morgan fingerprint density at radius 3 is 2.56 bits per heavy atom. The van der Waals surface area contributed by atoms with E-state index >= 15 is 0 Å². The van der Waals surface area contributed by atoms with E-state index in [4.69, 9.17) is 11.6 Å². The standard InChI is InChI=1S/C10H17ClF3NO/c11-9-4-2-1-3-8(9)7-15-5-6-16-10(12,13)14/h8-9,15H,1-7H2. The zero-order chi connectivity index (χ0) is 12.0. The van der Waals surface area contributed by atoms with E-state index in [1.807, 2.05) is 0 Å². The molecular weight excluding hydrogens is 243 g/mol. The fourth-order valence-electron chi connectivity index (χ4n) is 1.92. The molecule has 1 saturated carbocycles. The third-order valence-electron chi connectivity index (χ3n) is 2.77. The Labute approximate surface area is 98.5 Å². The molecule has 2 nitrogen and oxygen atoms in total. The van der Waals surface area contributed by atoms with Crippen LogP contribution in [-0.2, 0) is 4.74 Å². The van der Waals surface area contributed by atoms with E-state index in [-0.39, 0.29) is 18.5 Å². The van der Waals surface area contributed by atoms with E-state index in [0.717, 1.165) is 25.7 Å². The second-order valence-corrected chi connectivity index (χ2v) is 4.62. The zero-order valence-electron chi connectivity index (χ0n) is 9.02. The lowest BCUT2D eigenvalue weighted by Crippen LogP contribution is -2.33. The first-order valence-electron chi connectivity index (χ1n) is 5.54. The molecule has 0 amide bonds. The van der Waals surface area contributed by atoms with Gasteiger partial charge in [-0.15, -0.1) is 24.8 Å². The van der Waals surface area contributed by atoms with Crippen molar-refractivity contribution in [1.29, 1.82) is 0 Å². The van der Waals surface area contributed by atoms with Gasteiger partial charge in [0.1, 0.15) is 0 Å². The Bertz CT molecular complexity index is 201. The van der Waals surface area contributed by atoms with Crippen molar-refractivity contribution in [3.63, 3.8) is 0 Å². The van der Waals surface area contributed by atoms with Crippen LogP contribution in [0.15, 0.2) is 0 Å². The van der Waals surface area contributed by atoms with Crippen LogP contribution in [-0.4, -0.2) is 31.4 Å². The van der Waals surface area contributed by atoms with Crippen molar-refractivity contribution in [2.75, 3.05) is 19.7 Å². The Morgan fingerprint density at radius 1 is 1.25 bits per heavy atom. The largest absolute Gasteiger partial charge is 0.522 e. The van der Waals surface area contributed by atoms with E-state index in [1.54, 1.807) is 0 Å². The summed E-state index contributed by atoms with van der Waals surface area (Å²) in [5, 5.41) is 3.11. The van der Waals surface area contributed by atoms with Gasteiger partial charge in [0.15, 0.2) is 0 Å². The number of ether oxygens (including phenoxy) is 1. The minimum absolute atomic E-state index is 0.157. The highest BCUT2D eigenvalue weighted by atomic mass is 35.5. The normalized spacial score (nSPS) is 27.0. The minimum atomic E-state index is -4.53. The summed E-state index contributed by atoms with van der Waals surface area (Å²) in [6.45, 7) is 0.540. The molecule has 1 fully saturated rings. The molecule has 1 N–H and O–H groups in total. The third-order valence-corrected chi connectivity index (χ3v) is 3.34. The maximum Gasteiger partial charge on any atom is 0.522 e. The molecule has 1 aliphatic carbocycles. The van der Waals surface area contributed by atoms with Gasteiger partial charge in [0.05, 0.1) is 6.61 Å². The Kier molecular flexibility index (Phi) is 5.86. The molecule has 16 heavy (non-hydrogen) atoms. The molecule has 0 spiro atoms. The van der Waals surface area contributed by atoms with E-state index < -0.39 is 6.36 Å². The molecule has 0 radical (unpaired) electrons. The Morgan fingerprint density at radius 2 is 1.94 bits per heavy atom. The SMILES string of the molecule is FC(F)(F)OCCNCC1CCCCC1Cl. The van der Waals surface area contributed by atoms with Crippen LogP contribution in [0.1, 0.15) is 25.7 Å². The van der Waals surface area contributed by atoms with Gasteiger partial charge in [0.25, 0.3) is 0 Å². The fraction of sp³-hybridized carbons (Fsp3) is 1.00. The topological polar surface area (TPSA) is 21.3 Å². The van der Waals surface area contributed by atoms with Crippen molar-refractivity contribution in [1.82, 2.24) is 5.32 Å². The van der Waals surface area contributed by atoms with Crippen molar-refractivity contribution in [2.24, 2.45) is 5.92 Å². The van der Waals surface area contributed by atoms with Crippen LogP contribution in [0.4, 0.5) is 13.2 Å². The predicted octanol–water partition coefficient (Wildman–Crippen LogP) is 2.91. The molecule has 0 saturated heterocycles. The fourth-order valence-corrected chi connectivity index (χ4v) is 2.29. The summed E-state index contributed by atoms with van der Waals surface area (Å²) in [5.41, 5.74) is 0. The summed E-state index contributed by atoms with van der Waals surface area (Å²) in [5.74, 6) is 0.376. The van der Waals surface area contributed by atoms with Crippen LogP contribution in [0.3, 0.4) is 0 Å². The monoisotopic (exact) mass is 259 g/mol. The smallest absolute Gasteiger partial charge is 0.314 e. The highest BCUT2D eigenvalue weighted by molar-refractivity contribution is 6.20. The number of hydrogen-bond donors (Lipinski definition) is 1. The van der Waals surface area contributed by atoms with Gasteiger partial charge in [-0.1, -0.05) is 12.8 Å². The van der Waals surface area contributed by atoms with E-state index in [1.165, 1.54) is 0 Å². The van der Waals surface area contributed by atoms with Crippen LogP contribution < -0.4 is 5.32 Å². The molecule has 1 aliphatic rings. The predicted molar refractivity (Wildman–Crippen MR) is 56.5 cm³/mol. The molecular formula is C10H17ClF3NO. The number of halogens is 4.